The second-order valence-corrected chi connectivity index (χ2v) is 2.47. The molecule has 0 amide bonds. The number of oxazole rings is 1. The minimum Gasteiger partial charge on any atom is -0.505 e. The van der Waals surface area contributed by atoms with Gasteiger partial charge in [0.05, 0.1) is 0 Å². The molecule has 0 aliphatic carbocycles. The van der Waals surface area contributed by atoms with Gasteiger partial charge >= 0.3 is 5.97 Å². The normalized spacial score (nSPS) is 10.5. The van der Waals surface area contributed by atoms with Crippen LogP contribution in [-0.4, -0.2) is 21.2 Å². The van der Waals surface area contributed by atoms with E-state index in [0.717, 1.165) is 6.39 Å². The predicted molar refractivity (Wildman–Crippen MR) is 42.6 cm³/mol. The average Bonchev–Trinajstić information content (AvgIpc) is 2.52. The topological polar surface area (TPSA) is 83.6 Å². The summed E-state index contributed by atoms with van der Waals surface area (Å²) in [5.41, 5.74) is 0.351. The number of nitrogens with zero attached hydrogens (tertiary/aromatic N) is 1. The van der Waals surface area contributed by atoms with Crippen molar-refractivity contribution in [2.45, 2.75) is 0 Å². The molecule has 1 aromatic carbocycles. The lowest BCUT2D eigenvalue weighted by Gasteiger charge is -1.97. The minimum absolute atomic E-state index is 0.167. The summed E-state index contributed by atoms with van der Waals surface area (Å²) in [5, 5.41) is 18.0. The van der Waals surface area contributed by atoms with E-state index >= 15 is 0 Å². The van der Waals surface area contributed by atoms with Crippen molar-refractivity contribution in [1.82, 2.24) is 4.98 Å². The first-order chi connectivity index (χ1) is 6.20. The van der Waals surface area contributed by atoms with E-state index in [-0.39, 0.29) is 16.8 Å². The molecule has 66 valence electrons. The molecule has 0 aliphatic rings. The molecule has 1 aromatic heterocycles. The number of carboxylic acids is 1. The molecule has 0 aliphatic heterocycles. The number of aromatic nitrogens is 1. The highest BCUT2D eigenvalue weighted by Gasteiger charge is 2.14. The first kappa shape index (κ1) is 7.60. The molecule has 0 atom stereocenters. The van der Waals surface area contributed by atoms with E-state index in [9.17, 15) is 9.90 Å². The number of rotatable bonds is 1. The second kappa shape index (κ2) is 2.48. The van der Waals surface area contributed by atoms with Crippen molar-refractivity contribution in [3.8, 4) is 5.75 Å². The zero-order valence-electron chi connectivity index (χ0n) is 6.39. The van der Waals surface area contributed by atoms with Crippen molar-refractivity contribution in [3.63, 3.8) is 0 Å². The first-order valence-electron chi connectivity index (χ1n) is 3.48. The maximum Gasteiger partial charge on any atom is 0.339 e. The molecule has 2 N–H and O–H groups in total. The van der Waals surface area contributed by atoms with Crippen LogP contribution in [0.15, 0.2) is 22.9 Å². The lowest BCUT2D eigenvalue weighted by atomic mass is 10.2. The van der Waals surface area contributed by atoms with Crippen LogP contribution in [0.3, 0.4) is 0 Å². The van der Waals surface area contributed by atoms with E-state index in [4.69, 9.17) is 9.52 Å². The molecule has 0 fully saturated rings. The maximum absolute atomic E-state index is 10.6. The van der Waals surface area contributed by atoms with Gasteiger partial charge in [-0.15, -0.1) is 0 Å². The van der Waals surface area contributed by atoms with Crippen molar-refractivity contribution in [1.29, 1.82) is 0 Å². The van der Waals surface area contributed by atoms with E-state index in [0.29, 0.717) is 5.58 Å². The molecule has 13 heavy (non-hydrogen) atoms. The fourth-order valence-electron chi connectivity index (χ4n) is 1.09. The average molecular weight is 179 g/mol. The molecule has 5 heteroatoms. The zero-order chi connectivity index (χ0) is 9.42. The summed E-state index contributed by atoms with van der Waals surface area (Å²) in [6.07, 6.45) is 1.15. The number of benzene rings is 1. The lowest BCUT2D eigenvalue weighted by molar-refractivity contribution is 0.0694. The molecule has 0 saturated heterocycles. The van der Waals surface area contributed by atoms with Crippen LogP contribution in [-0.2, 0) is 0 Å². The van der Waals surface area contributed by atoms with Crippen LogP contribution in [0, 0.1) is 0 Å². The van der Waals surface area contributed by atoms with Crippen LogP contribution in [0.1, 0.15) is 10.4 Å². The van der Waals surface area contributed by atoms with Gasteiger partial charge < -0.3 is 14.6 Å². The standard InChI is InChI=1S/C8H5NO4/c10-7-4(8(11)12)1-2-5-6(7)9-3-13-5/h1-3,10H,(H,11,12). The predicted octanol–water partition coefficient (Wildman–Crippen LogP) is 1.23. The van der Waals surface area contributed by atoms with Gasteiger partial charge in [0.25, 0.3) is 0 Å². The molecule has 0 bridgehead atoms. The molecule has 0 radical (unpaired) electrons. The quantitative estimate of drug-likeness (QED) is 0.687. The molecular weight excluding hydrogens is 174 g/mol. The number of phenols is 1. The highest BCUT2D eigenvalue weighted by atomic mass is 16.4. The number of carbonyl (C=O) groups is 1. The van der Waals surface area contributed by atoms with E-state index in [1.807, 2.05) is 0 Å². The molecule has 2 rings (SSSR count). The van der Waals surface area contributed by atoms with Crippen molar-refractivity contribution in [3.05, 3.63) is 24.1 Å². The molecule has 5 nitrogen and oxygen atoms in total. The lowest BCUT2D eigenvalue weighted by Crippen LogP contribution is -1.96. The number of hydrogen-bond acceptors (Lipinski definition) is 4. The highest BCUT2D eigenvalue weighted by molar-refractivity contribution is 5.97. The number of aromatic carboxylic acids is 1. The van der Waals surface area contributed by atoms with Crippen molar-refractivity contribution >= 4 is 17.1 Å². The van der Waals surface area contributed by atoms with Crippen molar-refractivity contribution in [2.24, 2.45) is 0 Å². The van der Waals surface area contributed by atoms with Gasteiger partial charge in [0.2, 0.25) is 0 Å². The van der Waals surface area contributed by atoms with Crippen LogP contribution in [0.4, 0.5) is 0 Å². The third-order valence-electron chi connectivity index (χ3n) is 1.71. The van der Waals surface area contributed by atoms with Crippen LogP contribution in [0.5, 0.6) is 5.75 Å². The van der Waals surface area contributed by atoms with E-state index in [2.05, 4.69) is 4.98 Å². The summed E-state index contributed by atoms with van der Waals surface area (Å²) in [6.45, 7) is 0. The molecule has 0 unspecified atom stereocenters. The smallest absolute Gasteiger partial charge is 0.339 e. The zero-order valence-corrected chi connectivity index (χ0v) is 6.39. The molecular formula is C8H5NO4. The van der Waals surface area contributed by atoms with E-state index < -0.39 is 5.97 Å². The van der Waals surface area contributed by atoms with Gasteiger partial charge in [0, 0.05) is 0 Å². The monoisotopic (exact) mass is 179 g/mol. The second-order valence-electron chi connectivity index (χ2n) is 2.47. The third-order valence-corrected chi connectivity index (χ3v) is 1.71. The van der Waals surface area contributed by atoms with Gasteiger partial charge in [-0.1, -0.05) is 0 Å². The fraction of sp³-hybridized carbons (Fsp3) is 0. The van der Waals surface area contributed by atoms with Crippen LogP contribution < -0.4 is 0 Å². The third kappa shape index (κ3) is 1.01. The molecule has 2 aromatic rings. The SMILES string of the molecule is O=C(O)c1ccc2ocnc2c1O. The van der Waals surface area contributed by atoms with Gasteiger partial charge in [-0.25, -0.2) is 9.78 Å². The Kier molecular flexibility index (Phi) is 1.45. The molecule has 1 heterocycles. The Morgan fingerprint density at radius 2 is 2.23 bits per heavy atom. The fourth-order valence-corrected chi connectivity index (χ4v) is 1.09. The summed E-state index contributed by atoms with van der Waals surface area (Å²) in [6, 6.07) is 2.72. The van der Waals surface area contributed by atoms with E-state index in [1.165, 1.54) is 12.1 Å². The van der Waals surface area contributed by atoms with Gasteiger partial charge in [-0.05, 0) is 12.1 Å². The summed E-state index contributed by atoms with van der Waals surface area (Å²) < 4.78 is 4.87. The minimum atomic E-state index is -1.19. The Morgan fingerprint density at radius 1 is 1.46 bits per heavy atom. The Bertz CT molecular complexity index is 474. The Morgan fingerprint density at radius 3 is 2.92 bits per heavy atom. The Balaban J connectivity index is 2.80. The number of fused-ring (bicyclic) bond motifs is 1. The molecule has 0 spiro atoms. The van der Waals surface area contributed by atoms with Crippen molar-refractivity contribution in [2.75, 3.05) is 0 Å². The first-order valence-corrected chi connectivity index (χ1v) is 3.48. The number of aromatic hydroxyl groups is 1. The van der Waals surface area contributed by atoms with Crippen LogP contribution >= 0.6 is 0 Å². The van der Waals surface area contributed by atoms with Crippen LogP contribution in [0.25, 0.3) is 11.1 Å². The summed E-state index contributed by atoms with van der Waals surface area (Å²) in [4.78, 5) is 14.3. The van der Waals surface area contributed by atoms with Gasteiger partial charge in [0.1, 0.15) is 5.56 Å². The van der Waals surface area contributed by atoms with E-state index in [1.54, 1.807) is 0 Å². The summed E-state index contributed by atoms with van der Waals surface area (Å²) >= 11 is 0. The van der Waals surface area contributed by atoms with Crippen molar-refractivity contribution < 1.29 is 19.4 Å². The van der Waals surface area contributed by atoms with Gasteiger partial charge in [-0.2, -0.15) is 0 Å². The summed E-state index contributed by atoms with van der Waals surface area (Å²) in [7, 11) is 0. The largest absolute Gasteiger partial charge is 0.505 e. The molecule has 0 saturated carbocycles. The van der Waals surface area contributed by atoms with Gasteiger partial charge in [0.15, 0.2) is 23.2 Å². The maximum atomic E-state index is 10.6. The summed E-state index contributed by atoms with van der Waals surface area (Å²) in [5.74, 6) is -1.55. The van der Waals surface area contributed by atoms with Gasteiger partial charge in [-0.3, -0.25) is 0 Å². The Hall–Kier alpha value is -2.04. The van der Waals surface area contributed by atoms with Crippen LogP contribution in [0.2, 0.25) is 0 Å². The number of carboxylic acid groups (broad SMARTS) is 1. The Labute approximate surface area is 72.2 Å². The number of hydrogen-bond donors (Lipinski definition) is 2. The highest BCUT2D eigenvalue weighted by Crippen LogP contribution is 2.26.